The maximum absolute atomic E-state index is 12.4. The number of morpholine rings is 1. The highest BCUT2D eigenvalue weighted by Gasteiger charge is 2.24. The Morgan fingerprint density at radius 2 is 1.92 bits per heavy atom. The second-order valence-corrected chi connectivity index (χ2v) is 7.06. The van der Waals surface area contributed by atoms with E-state index in [4.69, 9.17) is 16.3 Å². The molecule has 0 spiro atoms. The van der Waals surface area contributed by atoms with Crippen LogP contribution < -0.4 is 5.32 Å². The van der Waals surface area contributed by atoms with E-state index < -0.39 is 0 Å². The topological polar surface area (TPSA) is 44.8 Å². The quantitative estimate of drug-likeness (QED) is 0.855. The fourth-order valence-corrected chi connectivity index (χ4v) is 3.08. The first-order valence-electron chi connectivity index (χ1n) is 8.52. The number of urea groups is 1. The molecule has 1 heterocycles. The van der Waals surface area contributed by atoms with Crippen molar-refractivity contribution < 1.29 is 9.53 Å². The molecule has 5 nitrogen and oxygen atoms in total. The van der Waals surface area contributed by atoms with Crippen molar-refractivity contribution >= 4 is 17.6 Å². The summed E-state index contributed by atoms with van der Waals surface area (Å²) in [4.78, 5) is 16.5. The van der Waals surface area contributed by atoms with Gasteiger partial charge in [0, 0.05) is 44.3 Å². The van der Waals surface area contributed by atoms with E-state index >= 15 is 0 Å². The van der Waals surface area contributed by atoms with Crippen molar-refractivity contribution in [1.82, 2.24) is 15.1 Å². The summed E-state index contributed by atoms with van der Waals surface area (Å²) >= 11 is 5.89. The molecule has 2 rings (SSSR count). The number of ether oxygens (including phenoxy) is 1. The number of carbonyl (C=O) groups excluding carboxylic acids is 1. The maximum atomic E-state index is 12.4. The van der Waals surface area contributed by atoms with E-state index in [9.17, 15) is 4.79 Å². The van der Waals surface area contributed by atoms with Crippen molar-refractivity contribution in [1.29, 1.82) is 0 Å². The molecule has 1 aromatic carbocycles. The fraction of sp³-hybridized carbons (Fsp3) is 0.611. The average molecular weight is 354 g/mol. The summed E-state index contributed by atoms with van der Waals surface area (Å²) in [6.07, 6.45) is 0. The van der Waals surface area contributed by atoms with Gasteiger partial charge in [-0.1, -0.05) is 37.6 Å². The number of nitrogens with zero attached hydrogens (tertiary/aromatic N) is 2. The first-order valence-corrected chi connectivity index (χ1v) is 8.90. The largest absolute Gasteiger partial charge is 0.379 e. The third kappa shape index (κ3) is 5.65. The molecule has 134 valence electrons. The van der Waals surface area contributed by atoms with Gasteiger partial charge in [-0.2, -0.15) is 0 Å². The zero-order valence-corrected chi connectivity index (χ0v) is 15.6. The van der Waals surface area contributed by atoms with Crippen molar-refractivity contribution in [3.05, 3.63) is 34.9 Å². The lowest BCUT2D eigenvalue weighted by Gasteiger charge is -2.37. The average Bonchev–Trinajstić information content (AvgIpc) is 2.57. The van der Waals surface area contributed by atoms with E-state index in [1.807, 2.05) is 31.3 Å². The van der Waals surface area contributed by atoms with Gasteiger partial charge in [-0.05, 0) is 23.6 Å². The van der Waals surface area contributed by atoms with Crippen molar-refractivity contribution in [3.63, 3.8) is 0 Å². The Balaban J connectivity index is 1.84. The highest BCUT2D eigenvalue weighted by molar-refractivity contribution is 6.30. The second-order valence-electron chi connectivity index (χ2n) is 6.63. The van der Waals surface area contributed by atoms with Gasteiger partial charge in [-0.25, -0.2) is 4.79 Å². The minimum atomic E-state index is -0.0520. The van der Waals surface area contributed by atoms with Gasteiger partial charge in [0.2, 0.25) is 0 Å². The number of benzene rings is 1. The lowest BCUT2D eigenvalue weighted by molar-refractivity contribution is 0.00697. The van der Waals surface area contributed by atoms with Gasteiger partial charge in [-0.15, -0.1) is 0 Å². The third-order valence-electron chi connectivity index (χ3n) is 4.43. The van der Waals surface area contributed by atoms with E-state index in [0.29, 0.717) is 30.1 Å². The monoisotopic (exact) mass is 353 g/mol. The van der Waals surface area contributed by atoms with Crippen LogP contribution in [0.3, 0.4) is 0 Å². The summed E-state index contributed by atoms with van der Waals surface area (Å²) in [5.74, 6) is 0.477. The molecule has 0 aliphatic carbocycles. The Hall–Kier alpha value is -1.30. The molecule has 0 saturated carbocycles. The molecule has 1 saturated heterocycles. The normalized spacial score (nSPS) is 16.9. The minimum absolute atomic E-state index is 0.0520. The predicted molar refractivity (Wildman–Crippen MR) is 97.3 cm³/mol. The Bertz CT molecular complexity index is 516. The SMILES string of the molecule is CC(C)C(CNC(=O)N(C)Cc1ccc(Cl)cc1)N1CCOCC1. The first kappa shape index (κ1) is 19.0. The van der Waals surface area contributed by atoms with E-state index in [1.165, 1.54) is 0 Å². The second kappa shape index (κ2) is 9.25. The molecule has 1 atom stereocenters. The van der Waals surface area contributed by atoms with Crippen molar-refractivity contribution in [2.24, 2.45) is 5.92 Å². The molecule has 0 bridgehead atoms. The lowest BCUT2D eigenvalue weighted by Crippen LogP contribution is -2.52. The number of nitrogens with one attached hydrogen (secondary N) is 1. The van der Waals surface area contributed by atoms with E-state index in [1.54, 1.807) is 4.90 Å². The van der Waals surface area contributed by atoms with Crippen LogP contribution in [0, 0.1) is 5.92 Å². The smallest absolute Gasteiger partial charge is 0.317 e. The molecule has 1 aromatic rings. The number of carbonyl (C=O) groups is 1. The van der Waals surface area contributed by atoms with E-state index in [-0.39, 0.29) is 6.03 Å². The Morgan fingerprint density at radius 1 is 1.29 bits per heavy atom. The summed E-state index contributed by atoms with van der Waals surface area (Å²) in [5.41, 5.74) is 1.06. The molecule has 24 heavy (non-hydrogen) atoms. The summed E-state index contributed by atoms with van der Waals surface area (Å²) < 4.78 is 5.42. The fourth-order valence-electron chi connectivity index (χ4n) is 2.96. The number of rotatable bonds is 6. The van der Waals surface area contributed by atoms with Gasteiger partial charge < -0.3 is 15.0 Å². The number of amides is 2. The highest BCUT2D eigenvalue weighted by atomic mass is 35.5. The van der Waals surface area contributed by atoms with Crippen LogP contribution in [-0.4, -0.2) is 61.8 Å². The van der Waals surface area contributed by atoms with Crippen LogP contribution >= 0.6 is 11.6 Å². The van der Waals surface area contributed by atoms with Crippen molar-refractivity contribution in [2.75, 3.05) is 39.9 Å². The van der Waals surface area contributed by atoms with Crippen LogP contribution in [0.2, 0.25) is 5.02 Å². The van der Waals surface area contributed by atoms with Gasteiger partial charge in [0.1, 0.15) is 0 Å². The Morgan fingerprint density at radius 3 is 2.50 bits per heavy atom. The van der Waals surface area contributed by atoms with Crippen LogP contribution in [-0.2, 0) is 11.3 Å². The molecule has 1 N–H and O–H groups in total. The summed E-state index contributed by atoms with van der Waals surface area (Å²) in [7, 11) is 1.81. The number of hydrogen-bond acceptors (Lipinski definition) is 3. The van der Waals surface area contributed by atoms with Crippen LogP contribution in [0.4, 0.5) is 4.79 Å². The van der Waals surface area contributed by atoms with Gasteiger partial charge >= 0.3 is 6.03 Å². The lowest BCUT2D eigenvalue weighted by atomic mass is 10.0. The zero-order chi connectivity index (χ0) is 17.5. The van der Waals surface area contributed by atoms with Gasteiger partial charge in [0.15, 0.2) is 0 Å². The van der Waals surface area contributed by atoms with E-state index in [2.05, 4.69) is 24.1 Å². The van der Waals surface area contributed by atoms with Crippen LogP contribution in [0.5, 0.6) is 0 Å². The molecule has 1 unspecified atom stereocenters. The summed E-state index contributed by atoms with van der Waals surface area (Å²) in [6.45, 7) is 9.02. The highest BCUT2D eigenvalue weighted by Crippen LogP contribution is 2.13. The van der Waals surface area contributed by atoms with Crippen molar-refractivity contribution in [3.8, 4) is 0 Å². The predicted octanol–water partition coefficient (Wildman–Crippen LogP) is 2.84. The van der Waals surface area contributed by atoms with Crippen LogP contribution in [0.25, 0.3) is 0 Å². The molecule has 6 heteroatoms. The maximum Gasteiger partial charge on any atom is 0.317 e. The van der Waals surface area contributed by atoms with Crippen LogP contribution in [0.15, 0.2) is 24.3 Å². The first-order chi connectivity index (χ1) is 11.5. The van der Waals surface area contributed by atoms with Gasteiger partial charge in [0.05, 0.1) is 13.2 Å². The van der Waals surface area contributed by atoms with Gasteiger partial charge in [0.25, 0.3) is 0 Å². The standard InChI is InChI=1S/C18H28ClN3O2/c1-14(2)17(22-8-10-24-11-9-22)12-20-18(23)21(3)13-15-4-6-16(19)7-5-15/h4-7,14,17H,8-13H2,1-3H3,(H,20,23). The zero-order valence-electron chi connectivity index (χ0n) is 14.8. The summed E-state index contributed by atoms with van der Waals surface area (Å²) in [5, 5.41) is 3.78. The molecule has 1 aliphatic rings. The summed E-state index contributed by atoms with van der Waals surface area (Å²) in [6, 6.07) is 7.85. The molecule has 1 aliphatic heterocycles. The molecule has 2 amide bonds. The Kier molecular flexibility index (Phi) is 7.34. The number of halogens is 1. The van der Waals surface area contributed by atoms with E-state index in [0.717, 1.165) is 31.9 Å². The van der Waals surface area contributed by atoms with Crippen molar-refractivity contribution in [2.45, 2.75) is 26.4 Å². The van der Waals surface area contributed by atoms with Gasteiger partial charge in [-0.3, -0.25) is 4.90 Å². The Labute approximate surface area is 149 Å². The van der Waals surface area contributed by atoms with Crippen LogP contribution in [0.1, 0.15) is 19.4 Å². The molecular weight excluding hydrogens is 326 g/mol. The minimum Gasteiger partial charge on any atom is -0.379 e. The molecule has 0 aromatic heterocycles. The molecular formula is C18H28ClN3O2. The number of hydrogen-bond donors (Lipinski definition) is 1. The molecule has 1 fully saturated rings. The third-order valence-corrected chi connectivity index (χ3v) is 4.68. The molecule has 0 radical (unpaired) electrons.